The molecule has 13 nitrogen and oxygen atoms in total. The van der Waals surface area contributed by atoms with Crippen LogP contribution in [0.15, 0.2) is 72.8 Å². The van der Waals surface area contributed by atoms with E-state index in [-0.39, 0.29) is 37.8 Å². The van der Waals surface area contributed by atoms with Crippen LogP contribution >= 0.6 is 0 Å². The Morgan fingerprint density at radius 2 is 0.833 bits per heavy atom. The first-order valence-electron chi connectivity index (χ1n) is 33.1. The van der Waals surface area contributed by atoms with Crippen molar-refractivity contribution in [3.8, 4) is 28.7 Å². The number of rotatable bonds is 47. The van der Waals surface area contributed by atoms with Crippen LogP contribution in [0, 0.1) is 0 Å². The molecule has 1 aliphatic rings. The van der Waals surface area contributed by atoms with Crippen LogP contribution in [-0.2, 0) is 46.4 Å². The summed E-state index contributed by atoms with van der Waals surface area (Å²) in [6.07, 6.45) is 35.2. The predicted octanol–water partition coefficient (Wildman–Crippen LogP) is 17.5. The Kier molecular flexibility index (Phi) is 42.3. The van der Waals surface area contributed by atoms with Crippen molar-refractivity contribution < 1.29 is 61.7 Å². The molecular formula is C71H112O13. The van der Waals surface area contributed by atoms with Crippen LogP contribution in [0.4, 0.5) is 0 Å². The standard InChI is InChI=1S/C71H112O13/c1-5-7-9-11-13-15-19-23-27-31-43-78-64-39-35-61(36-40-64)56-82-69-55-63(71(73)84-59-66-58-77-51-50-75-47-46-74-48-49-76-52-53-80-66)54-68(81-45-33-29-25-21-17-18-22-26-30-34-67(72)60(3)4)70(69)83-57-62-37-41-65(42-38-62)79-44-32-28-24-20-16-14-12-10-8-6-2/h35-42,54-55,66H,3,5-34,43-53,56-59H2,1-2,4H3. The lowest BCUT2D eigenvalue weighted by Crippen LogP contribution is -2.29. The Morgan fingerprint density at radius 3 is 1.29 bits per heavy atom. The molecule has 0 saturated carbocycles. The van der Waals surface area contributed by atoms with Crippen molar-refractivity contribution in [2.24, 2.45) is 0 Å². The van der Waals surface area contributed by atoms with Crippen LogP contribution in [0.25, 0.3) is 0 Å². The maximum atomic E-state index is 14.2. The van der Waals surface area contributed by atoms with Crippen molar-refractivity contribution in [3.05, 3.63) is 89.5 Å². The molecule has 0 bridgehead atoms. The molecule has 0 N–H and O–H groups in total. The summed E-state index contributed by atoms with van der Waals surface area (Å²) in [5.74, 6) is 2.42. The summed E-state index contributed by atoms with van der Waals surface area (Å²) in [4.78, 5) is 26.1. The fourth-order valence-electron chi connectivity index (χ4n) is 9.86. The van der Waals surface area contributed by atoms with Crippen molar-refractivity contribution in [2.75, 3.05) is 85.9 Å². The van der Waals surface area contributed by atoms with E-state index < -0.39 is 12.1 Å². The van der Waals surface area contributed by atoms with Crippen LogP contribution in [0.1, 0.15) is 235 Å². The largest absolute Gasteiger partial charge is 0.494 e. The molecule has 13 heteroatoms. The fraction of sp³-hybridized carbons (Fsp3) is 0.690. The number of Topliss-reactive ketones (excluding diaryl/α,β-unsaturated/α-hetero) is 1. The zero-order valence-corrected chi connectivity index (χ0v) is 52.7. The van der Waals surface area contributed by atoms with Crippen molar-refractivity contribution in [1.29, 1.82) is 0 Å². The summed E-state index contributed by atoms with van der Waals surface area (Å²) in [6.45, 7) is 15.8. The van der Waals surface area contributed by atoms with Gasteiger partial charge in [0.1, 0.15) is 37.4 Å². The smallest absolute Gasteiger partial charge is 0.338 e. The van der Waals surface area contributed by atoms with Crippen molar-refractivity contribution in [1.82, 2.24) is 0 Å². The first-order valence-corrected chi connectivity index (χ1v) is 33.1. The van der Waals surface area contributed by atoms with Gasteiger partial charge in [0.05, 0.1) is 84.8 Å². The Bertz CT molecular complexity index is 2080. The van der Waals surface area contributed by atoms with E-state index in [2.05, 4.69) is 20.4 Å². The number of ketones is 1. The van der Waals surface area contributed by atoms with E-state index in [1.54, 1.807) is 19.1 Å². The van der Waals surface area contributed by atoms with Gasteiger partial charge >= 0.3 is 5.97 Å². The lowest BCUT2D eigenvalue weighted by atomic mass is 10.0. The third-order valence-corrected chi connectivity index (χ3v) is 15.1. The number of benzene rings is 3. The van der Waals surface area contributed by atoms with Gasteiger partial charge in [-0.2, -0.15) is 0 Å². The SMILES string of the molecule is C=C(C)C(=O)CCCCCCCCCCCOc1cc(C(=O)OCC2COCCOCCOCCOCCO2)cc(OCc2ccc(OCCCCCCCCCCCC)cc2)c1OCc1ccc(OCCCCCCCCCCCC)cc1. The second-order valence-corrected chi connectivity index (χ2v) is 22.7. The molecule has 1 heterocycles. The van der Waals surface area contributed by atoms with Crippen LogP contribution < -0.4 is 23.7 Å². The van der Waals surface area contributed by atoms with Gasteiger partial charge in [-0.05, 0) is 85.7 Å². The average Bonchev–Trinajstić information content (AvgIpc) is 3.30. The number of ether oxygens (including phenoxy) is 11. The molecule has 0 aliphatic carbocycles. The topological polar surface area (TPSA) is 136 Å². The maximum Gasteiger partial charge on any atom is 0.338 e. The second-order valence-electron chi connectivity index (χ2n) is 22.7. The average molecular weight is 1170 g/mol. The molecule has 84 heavy (non-hydrogen) atoms. The number of hydrogen-bond donors (Lipinski definition) is 0. The summed E-state index contributed by atoms with van der Waals surface area (Å²) in [6, 6.07) is 19.4. The van der Waals surface area contributed by atoms with E-state index in [9.17, 15) is 9.59 Å². The van der Waals surface area contributed by atoms with Gasteiger partial charge in [0.15, 0.2) is 17.3 Å². The third-order valence-electron chi connectivity index (χ3n) is 15.1. The summed E-state index contributed by atoms with van der Waals surface area (Å²) in [5.41, 5.74) is 2.78. The first kappa shape index (κ1) is 71.8. The molecule has 1 atom stereocenters. The Balaban J connectivity index is 1.45. The van der Waals surface area contributed by atoms with Crippen LogP contribution in [-0.4, -0.2) is 104 Å². The van der Waals surface area contributed by atoms with Crippen LogP contribution in [0.2, 0.25) is 0 Å². The van der Waals surface area contributed by atoms with Gasteiger partial charge in [-0.15, -0.1) is 0 Å². The molecule has 4 rings (SSSR count). The molecule has 1 unspecified atom stereocenters. The molecule has 1 fully saturated rings. The highest BCUT2D eigenvalue weighted by atomic mass is 16.6. The number of carbonyl (C=O) groups is 2. The van der Waals surface area contributed by atoms with Crippen molar-refractivity contribution in [3.63, 3.8) is 0 Å². The minimum Gasteiger partial charge on any atom is -0.494 e. The number of esters is 1. The number of hydrogen-bond acceptors (Lipinski definition) is 13. The summed E-state index contributed by atoms with van der Waals surface area (Å²) >= 11 is 0. The molecule has 474 valence electrons. The summed E-state index contributed by atoms with van der Waals surface area (Å²) in [5, 5.41) is 0. The van der Waals surface area contributed by atoms with E-state index in [0.717, 1.165) is 93.3 Å². The molecule has 0 spiro atoms. The molecular weight excluding hydrogens is 1060 g/mol. The maximum absolute atomic E-state index is 14.2. The second kappa shape index (κ2) is 49.5. The summed E-state index contributed by atoms with van der Waals surface area (Å²) in [7, 11) is 0. The summed E-state index contributed by atoms with van der Waals surface area (Å²) < 4.78 is 67.0. The van der Waals surface area contributed by atoms with Crippen LogP contribution in [0.3, 0.4) is 0 Å². The van der Waals surface area contributed by atoms with E-state index >= 15 is 0 Å². The van der Waals surface area contributed by atoms with Gasteiger partial charge in [-0.25, -0.2) is 4.79 Å². The lowest BCUT2D eigenvalue weighted by molar-refractivity contribution is -0.115. The normalized spacial score (nSPS) is 14.5. The minimum absolute atomic E-state index is 0.0469. The third kappa shape index (κ3) is 35.7. The van der Waals surface area contributed by atoms with Crippen LogP contribution in [0.5, 0.6) is 28.7 Å². The highest BCUT2D eigenvalue weighted by Gasteiger charge is 2.22. The van der Waals surface area contributed by atoms with Gasteiger partial charge < -0.3 is 52.1 Å². The minimum atomic E-state index is -0.563. The van der Waals surface area contributed by atoms with E-state index in [0.29, 0.717) is 102 Å². The quantitative estimate of drug-likeness (QED) is 0.0302. The van der Waals surface area contributed by atoms with E-state index in [4.69, 9.17) is 52.1 Å². The van der Waals surface area contributed by atoms with Gasteiger partial charge in [-0.3, -0.25) is 4.79 Å². The molecule has 0 amide bonds. The number of carbonyl (C=O) groups excluding carboxylic acids is 2. The number of allylic oxidation sites excluding steroid dienone is 1. The highest BCUT2D eigenvalue weighted by Crippen LogP contribution is 2.41. The molecule has 1 saturated heterocycles. The molecule has 1 aliphatic heterocycles. The van der Waals surface area contributed by atoms with Crippen molar-refractivity contribution in [2.45, 2.75) is 233 Å². The van der Waals surface area contributed by atoms with Gasteiger partial charge in [0, 0.05) is 6.42 Å². The molecule has 3 aromatic rings. The number of unbranched alkanes of at least 4 members (excludes halogenated alkanes) is 26. The molecule has 0 radical (unpaired) electrons. The lowest BCUT2D eigenvalue weighted by Gasteiger charge is -2.20. The van der Waals surface area contributed by atoms with Crippen molar-refractivity contribution >= 4 is 11.8 Å². The highest BCUT2D eigenvalue weighted by molar-refractivity contribution is 5.94. The Morgan fingerprint density at radius 1 is 0.452 bits per heavy atom. The van der Waals surface area contributed by atoms with E-state index in [1.165, 1.54) is 116 Å². The zero-order chi connectivity index (χ0) is 59.6. The molecule has 0 aromatic heterocycles. The Hall–Kier alpha value is -4.66. The van der Waals surface area contributed by atoms with Gasteiger partial charge in [0.25, 0.3) is 0 Å². The monoisotopic (exact) mass is 1170 g/mol. The molecule has 3 aromatic carbocycles. The first-order chi connectivity index (χ1) is 41.4. The van der Waals surface area contributed by atoms with Gasteiger partial charge in [-0.1, -0.05) is 205 Å². The van der Waals surface area contributed by atoms with E-state index in [1.807, 2.05) is 48.5 Å². The fourth-order valence-corrected chi connectivity index (χ4v) is 9.86. The predicted molar refractivity (Wildman–Crippen MR) is 337 cm³/mol. The Labute approximate surface area is 508 Å². The zero-order valence-electron chi connectivity index (χ0n) is 52.7. The van der Waals surface area contributed by atoms with Gasteiger partial charge in [0.2, 0.25) is 5.75 Å².